The monoisotopic (exact) mass is 309 g/mol. The molecule has 0 saturated carbocycles. The lowest BCUT2D eigenvalue weighted by molar-refractivity contribution is 0.0594. The van der Waals surface area contributed by atoms with Gasteiger partial charge in [0.05, 0.1) is 7.11 Å². The number of ether oxygens (including phenoxy) is 1. The van der Waals surface area contributed by atoms with Crippen molar-refractivity contribution in [2.24, 2.45) is 0 Å². The standard InChI is InChI=1S/C8H8BrNO2.BrH/c1-12-8(11)7-4-6(5-9)2-3-10-7;/h2-4H,5H2,1H3;1H. The van der Waals surface area contributed by atoms with Crippen LogP contribution in [0.1, 0.15) is 16.1 Å². The number of carbonyl (C=O) groups excluding carboxylic acids is 1. The van der Waals surface area contributed by atoms with E-state index in [1.54, 1.807) is 12.3 Å². The number of hydrogen-bond acceptors (Lipinski definition) is 3. The summed E-state index contributed by atoms with van der Waals surface area (Å²) in [6, 6.07) is 3.53. The second kappa shape index (κ2) is 6.10. The summed E-state index contributed by atoms with van der Waals surface area (Å²) in [5.41, 5.74) is 1.35. The van der Waals surface area contributed by atoms with E-state index in [2.05, 4.69) is 25.7 Å². The quantitative estimate of drug-likeness (QED) is 0.622. The lowest BCUT2D eigenvalue weighted by atomic mass is 10.2. The maximum absolute atomic E-state index is 11.0. The van der Waals surface area contributed by atoms with Gasteiger partial charge in [0, 0.05) is 11.5 Å². The predicted molar refractivity (Wildman–Crippen MR) is 58.5 cm³/mol. The number of nitrogens with zero attached hydrogens (tertiary/aromatic N) is 1. The number of carbonyl (C=O) groups is 1. The van der Waals surface area contributed by atoms with Gasteiger partial charge in [0.25, 0.3) is 0 Å². The molecule has 0 bridgehead atoms. The van der Waals surface area contributed by atoms with Crippen molar-refractivity contribution in [3.63, 3.8) is 0 Å². The average molecular weight is 311 g/mol. The SMILES string of the molecule is Br.COC(=O)c1cc(CBr)ccn1. The molecule has 0 aliphatic heterocycles. The second-order valence-corrected chi connectivity index (χ2v) is 2.74. The number of pyridine rings is 1. The largest absolute Gasteiger partial charge is 0.464 e. The fraction of sp³-hybridized carbons (Fsp3) is 0.250. The van der Waals surface area contributed by atoms with Crippen molar-refractivity contribution >= 4 is 38.9 Å². The Hall–Kier alpha value is -0.420. The Bertz CT molecular complexity index is 291. The first-order valence-corrected chi connectivity index (χ1v) is 4.49. The minimum Gasteiger partial charge on any atom is -0.464 e. The molecule has 0 radical (unpaired) electrons. The first-order valence-electron chi connectivity index (χ1n) is 3.37. The van der Waals surface area contributed by atoms with E-state index in [1.165, 1.54) is 7.11 Å². The predicted octanol–water partition coefficient (Wildman–Crippen LogP) is 2.34. The topological polar surface area (TPSA) is 39.2 Å². The summed E-state index contributed by atoms with van der Waals surface area (Å²) in [6.07, 6.45) is 1.59. The zero-order valence-corrected chi connectivity index (χ0v) is 10.3. The highest BCUT2D eigenvalue weighted by molar-refractivity contribution is 9.08. The van der Waals surface area contributed by atoms with Gasteiger partial charge in [-0.1, -0.05) is 15.9 Å². The minimum atomic E-state index is -0.405. The Morgan fingerprint density at radius 1 is 1.69 bits per heavy atom. The molecule has 0 aliphatic carbocycles. The molecule has 72 valence electrons. The van der Waals surface area contributed by atoms with E-state index >= 15 is 0 Å². The molecule has 0 aliphatic rings. The molecule has 1 heterocycles. The van der Waals surface area contributed by atoms with Gasteiger partial charge in [0.2, 0.25) is 0 Å². The van der Waals surface area contributed by atoms with Crippen molar-refractivity contribution in [1.82, 2.24) is 4.98 Å². The van der Waals surface area contributed by atoms with Gasteiger partial charge in [-0.15, -0.1) is 17.0 Å². The van der Waals surface area contributed by atoms with Gasteiger partial charge in [-0.25, -0.2) is 9.78 Å². The Kier molecular flexibility index (Phi) is 5.90. The summed E-state index contributed by atoms with van der Waals surface area (Å²) in [4.78, 5) is 14.8. The van der Waals surface area contributed by atoms with Crippen LogP contribution >= 0.6 is 32.9 Å². The Morgan fingerprint density at radius 3 is 2.92 bits per heavy atom. The molecule has 1 aromatic rings. The highest BCUT2D eigenvalue weighted by atomic mass is 79.9. The van der Waals surface area contributed by atoms with Crippen molar-refractivity contribution in [2.45, 2.75) is 5.33 Å². The van der Waals surface area contributed by atoms with Crippen molar-refractivity contribution in [1.29, 1.82) is 0 Å². The number of esters is 1. The third kappa shape index (κ3) is 3.44. The van der Waals surface area contributed by atoms with Crippen LogP contribution in [0.2, 0.25) is 0 Å². The lowest BCUT2D eigenvalue weighted by Gasteiger charge is -1.99. The highest BCUT2D eigenvalue weighted by Crippen LogP contribution is 2.06. The molecule has 13 heavy (non-hydrogen) atoms. The van der Waals surface area contributed by atoms with Gasteiger partial charge >= 0.3 is 5.97 Å². The fourth-order valence-electron chi connectivity index (χ4n) is 0.774. The van der Waals surface area contributed by atoms with Gasteiger partial charge in [-0.3, -0.25) is 0 Å². The van der Waals surface area contributed by atoms with Crippen LogP contribution in [0.25, 0.3) is 0 Å². The number of halogens is 2. The molecule has 0 amide bonds. The van der Waals surface area contributed by atoms with Crippen LogP contribution in [-0.2, 0) is 10.1 Å². The van der Waals surface area contributed by atoms with Crippen LogP contribution in [0, 0.1) is 0 Å². The summed E-state index contributed by atoms with van der Waals surface area (Å²) >= 11 is 3.28. The van der Waals surface area contributed by atoms with Crippen LogP contribution in [0.5, 0.6) is 0 Å². The summed E-state index contributed by atoms with van der Waals surface area (Å²) < 4.78 is 4.52. The number of methoxy groups -OCH3 is 1. The maximum atomic E-state index is 11.0. The average Bonchev–Trinajstić information content (AvgIpc) is 2.17. The van der Waals surface area contributed by atoms with Gasteiger partial charge < -0.3 is 4.74 Å². The number of rotatable bonds is 2. The number of aromatic nitrogens is 1. The van der Waals surface area contributed by atoms with Crippen LogP contribution in [0.15, 0.2) is 18.3 Å². The van der Waals surface area contributed by atoms with Crippen LogP contribution in [0.3, 0.4) is 0 Å². The summed E-state index contributed by atoms with van der Waals surface area (Å²) in [6.45, 7) is 0. The normalized spacial score (nSPS) is 8.77. The fourth-order valence-corrected chi connectivity index (χ4v) is 1.12. The first kappa shape index (κ1) is 12.6. The number of alkyl halides is 1. The maximum Gasteiger partial charge on any atom is 0.356 e. The van der Waals surface area contributed by atoms with Crippen molar-refractivity contribution in [3.05, 3.63) is 29.6 Å². The molecule has 0 unspecified atom stereocenters. The van der Waals surface area contributed by atoms with E-state index in [9.17, 15) is 4.79 Å². The molecule has 3 nitrogen and oxygen atoms in total. The zero-order valence-electron chi connectivity index (χ0n) is 6.99. The smallest absolute Gasteiger partial charge is 0.356 e. The minimum absolute atomic E-state index is 0. The highest BCUT2D eigenvalue weighted by Gasteiger charge is 2.06. The third-order valence-corrected chi connectivity index (χ3v) is 2.02. The first-order chi connectivity index (χ1) is 5.77. The zero-order chi connectivity index (χ0) is 8.97. The molecular weight excluding hydrogens is 302 g/mol. The molecular formula is C8H9Br2NO2. The summed E-state index contributed by atoms with van der Waals surface area (Å²) in [5.74, 6) is -0.405. The Balaban J connectivity index is 0.00000144. The summed E-state index contributed by atoms with van der Waals surface area (Å²) in [5, 5.41) is 0.708. The van der Waals surface area contributed by atoms with Crippen molar-refractivity contribution in [3.8, 4) is 0 Å². The molecule has 5 heteroatoms. The van der Waals surface area contributed by atoms with Crippen molar-refractivity contribution in [2.75, 3.05) is 7.11 Å². The molecule has 0 aromatic carbocycles. The summed E-state index contributed by atoms with van der Waals surface area (Å²) in [7, 11) is 1.34. The van der Waals surface area contributed by atoms with Gasteiger partial charge in [-0.2, -0.15) is 0 Å². The Morgan fingerprint density at radius 2 is 2.38 bits per heavy atom. The van der Waals surface area contributed by atoms with Crippen LogP contribution < -0.4 is 0 Å². The van der Waals surface area contributed by atoms with Crippen LogP contribution in [0.4, 0.5) is 0 Å². The molecule has 0 fully saturated rings. The third-order valence-electron chi connectivity index (χ3n) is 1.37. The molecule has 1 aromatic heterocycles. The molecule has 0 atom stereocenters. The van der Waals surface area contributed by atoms with Crippen molar-refractivity contribution < 1.29 is 9.53 Å². The van der Waals surface area contributed by atoms with E-state index in [0.717, 1.165) is 5.56 Å². The van der Waals surface area contributed by atoms with E-state index in [4.69, 9.17) is 0 Å². The number of hydrogen-bond donors (Lipinski definition) is 0. The van der Waals surface area contributed by atoms with E-state index in [1.807, 2.05) is 6.07 Å². The van der Waals surface area contributed by atoms with Gasteiger partial charge in [-0.05, 0) is 17.7 Å². The molecule has 0 spiro atoms. The van der Waals surface area contributed by atoms with E-state index in [-0.39, 0.29) is 17.0 Å². The van der Waals surface area contributed by atoms with E-state index < -0.39 is 5.97 Å². The second-order valence-electron chi connectivity index (χ2n) is 2.17. The van der Waals surface area contributed by atoms with E-state index in [0.29, 0.717) is 11.0 Å². The molecule has 0 saturated heterocycles. The Labute approximate surface area is 95.4 Å². The van der Waals surface area contributed by atoms with Gasteiger partial charge in [0.15, 0.2) is 0 Å². The molecule has 1 rings (SSSR count). The molecule has 0 N–H and O–H groups in total. The van der Waals surface area contributed by atoms with Crippen LogP contribution in [-0.4, -0.2) is 18.1 Å². The lowest BCUT2D eigenvalue weighted by Crippen LogP contribution is -2.04. The van der Waals surface area contributed by atoms with Gasteiger partial charge in [0.1, 0.15) is 5.69 Å².